The molecule has 1 aliphatic carbocycles. The first kappa shape index (κ1) is 16.3. The standard InChI is InChI=1S/C13H26ClNO2S/c1-12(13-8-4-2-3-5-9-13)15-18(16,17)11-7-6-10-14/h12-13,15H,2-11H2,1H3/t12-/m1/s1. The molecule has 1 rings (SSSR count). The summed E-state index contributed by atoms with van der Waals surface area (Å²) < 4.78 is 26.6. The summed E-state index contributed by atoms with van der Waals surface area (Å²) in [5.74, 6) is 1.25. The van der Waals surface area contributed by atoms with E-state index in [4.69, 9.17) is 11.6 Å². The molecule has 0 heterocycles. The lowest BCUT2D eigenvalue weighted by Gasteiger charge is -2.23. The van der Waals surface area contributed by atoms with Gasteiger partial charge in [0.25, 0.3) is 0 Å². The lowest BCUT2D eigenvalue weighted by molar-refractivity contribution is 0.370. The Hall–Kier alpha value is 0.200. The van der Waals surface area contributed by atoms with Crippen LogP contribution < -0.4 is 4.72 Å². The molecule has 0 saturated heterocycles. The van der Waals surface area contributed by atoms with Gasteiger partial charge in [-0.25, -0.2) is 13.1 Å². The van der Waals surface area contributed by atoms with Crippen molar-refractivity contribution in [2.75, 3.05) is 11.6 Å². The number of alkyl halides is 1. The summed E-state index contributed by atoms with van der Waals surface area (Å²) in [4.78, 5) is 0. The molecular formula is C13H26ClNO2S. The number of sulfonamides is 1. The summed E-state index contributed by atoms with van der Waals surface area (Å²) in [6.07, 6.45) is 8.80. The molecule has 0 spiro atoms. The summed E-state index contributed by atoms with van der Waals surface area (Å²) in [6, 6.07) is 0.0732. The third-order valence-electron chi connectivity index (χ3n) is 3.77. The maximum atomic E-state index is 11.9. The van der Waals surface area contributed by atoms with Crippen molar-refractivity contribution in [3.05, 3.63) is 0 Å². The maximum Gasteiger partial charge on any atom is 0.211 e. The van der Waals surface area contributed by atoms with Crippen molar-refractivity contribution in [3.8, 4) is 0 Å². The minimum absolute atomic E-state index is 0.0732. The van der Waals surface area contributed by atoms with Crippen molar-refractivity contribution >= 4 is 21.6 Å². The zero-order valence-corrected chi connectivity index (χ0v) is 12.9. The van der Waals surface area contributed by atoms with Gasteiger partial charge < -0.3 is 0 Å². The smallest absolute Gasteiger partial charge is 0.211 e. The number of rotatable bonds is 7. The van der Waals surface area contributed by atoms with Crippen LogP contribution in [0.2, 0.25) is 0 Å². The van der Waals surface area contributed by atoms with Gasteiger partial charge in [0.1, 0.15) is 0 Å². The second-order valence-electron chi connectivity index (χ2n) is 5.37. The van der Waals surface area contributed by atoms with Crippen molar-refractivity contribution in [3.63, 3.8) is 0 Å². The molecule has 5 heteroatoms. The fourth-order valence-corrected chi connectivity index (χ4v) is 4.29. The van der Waals surface area contributed by atoms with Crippen molar-refractivity contribution < 1.29 is 8.42 Å². The van der Waals surface area contributed by atoms with Gasteiger partial charge in [-0.3, -0.25) is 0 Å². The maximum absolute atomic E-state index is 11.9. The monoisotopic (exact) mass is 295 g/mol. The van der Waals surface area contributed by atoms with Crippen molar-refractivity contribution in [1.29, 1.82) is 0 Å². The highest BCUT2D eigenvalue weighted by atomic mass is 35.5. The van der Waals surface area contributed by atoms with Crippen LogP contribution in [0.5, 0.6) is 0 Å². The van der Waals surface area contributed by atoms with E-state index >= 15 is 0 Å². The fraction of sp³-hybridized carbons (Fsp3) is 1.00. The Labute approximate surface area is 117 Å². The van der Waals surface area contributed by atoms with E-state index in [9.17, 15) is 8.42 Å². The lowest BCUT2D eigenvalue weighted by atomic mass is 9.94. The average molecular weight is 296 g/mol. The topological polar surface area (TPSA) is 46.2 Å². The third-order valence-corrected chi connectivity index (χ3v) is 5.59. The molecule has 1 aliphatic rings. The molecule has 0 aromatic rings. The van der Waals surface area contributed by atoms with Crippen LogP contribution in [0, 0.1) is 5.92 Å². The normalized spacial score (nSPS) is 20.6. The molecule has 0 unspecified atom stereocenters. The summed E-state index contributed by atoms with van der Waals surface area (Å²) in [5.41, 5.74) is 0. The van der Waals surface area contributed by atoms with E-state index in [2.05, 4.69) is 4.72 Å². The van der Waals surface area contributed by atoms with E-state index in [0.717, 1.165) is 19.3 Å². The van der Waals surface area contributed by atoms with Crippen LogP contribution in [0.25, 0.3) is 0 Å². The van der Waals surface area contributed by atoms with E-state index in [1.165, 1.54) is 25.7 Å². The molecule has 1 atom stereocenters. The number of halogens is 1. The number of unbranched alkanes of at least 4 members (excludes halogenated alkanes) is 1. The van der Waals surface area contributed by atoms with Crippen molar-refractivity contribution in [1.82, 2.24) is 4.72 Å². The quantitative estimate of drug-likeness (QED) is 0.445. The summed E-state index contributed by atoms with van der Waals surface area (Å²) >= 11 is 5.56. The molecule has 108 valence electrons. The molecule has 0 aromatic carbocycles. The van der Waals surface area contributed by atoms with Crippen LogP contribution in [0.15, 0.2) is 0 Å². The largest absolute Gasteiger partial charge is 0.212 e. The van der Waals surface area contributed by atoms with E-state index in [1.54, 1.807) is 0 Å². The van der Waals surface area contributed by atoms with E-state index in [1.807, 2.05) is 6.92 Å². The Morgan fingerprint density at radius 1 is 1.17 bits per heavy atom. The van der Waals surface area contributed by atoms with Crippen molar-refractivity contribution in [2.24, 2.45) is 5.92 Å². The van der Waals surface area contributed by atoms with Gasteiger partial charge in [0.2, 0.25) is 10.0 Å². The van der Waals surface area contributed by atoms with Crippen LogP contribution in [0.1, 0.15) is 58.3 Å². The predicted octanol–water partition coefficient (Wildman–Crippen LogP) is 3.28. The molecule has 1 saturated carbocycles. The Morgan fingerprint density at radius 2 is 1.78 bits per heavy atom. The zero-order chi connectivity index (χ0) is 13.4. The zero-order valence-electron chi connectivity index (χ0n) is 11.3. The summed E-state index contributed by atoms with van der Waals surface area (Å²) in [5, 5.41) is 0. The molecule has 0 radical (unpaired) electrons. The number of nitrogens with one attached hydrogen (secondary N) is 1. The summed E-state index contributed by atoms with van der Waals surface area (Å²) in [7, 11) is -3.12. The number of hydrogen-bond acceptors (Lipinski definition) is 2. The molecular weight excluding hydrogens is 270 g/mol. The SMILES string of the molecule is C[C@@H](NS(=O)(=O)CCCCCl)C1CCCCCC1. The van der Waals surface area contributed by atoms with Gasteiger partial charge in [-0.15, -0.1) is 11.6 Å². The lowest BCUT2D eigenvalue weighted by Crippen LogP contribution is -2.39. The van der Waals surface area contributed by atoms with Crippen LogP contribution in [-0.4, -0.2) is 26.1 Å². The van der Waals surface area contributed by atoms with Gasteiger partial charge in [0.05, 0.1) is 5.75 Å². The first-order chi connectivity index (χ1) is 8.55. The van der Waals surface area contributed by atoms with Crippen LogP contribution in [0.3, 0.4) is 0 Å². The molecule has 0 aliphatic heterocycles. The molecule has 0 aromatic heterocycles. The Morgan fingerprint density at radius 3 is 2.33 bits per heavy atom. The van der Waals surface area contributed by atoms with Gasteiger partial charge in [-0.05, 0) is 38.5 Å². The first-order valence-electron chi connectivity index (χ1n) is 7.11. The predicted molar refractivity (Wildman–Crippen MR) is 77.5 cm³/mol. The van der Waals surface area contributed by atoms with Gasteiger partial charge in [0, 0.05) is 11.9 Å². The minimum Gasteiger partial charge on any atom is -0.212 e. The highest BCUT2D eigenvalue weighted by Crippen LogP contribution is 2.25. The van der Waals surface area contributed by atoms with E-state index < -0.39 is 10.0 Å². The van der Waals surface area contributed by atoms with Crippen LogP contribution in [0.4, 0.5) is 0 Å². The second-order valence-corrected chi connectivity index (χ2v) is 7.62. The molecule has 3 nitrogen and oxygen atoms in total. The van der Waals surface area contributed by atoms with Crippen molar-refractivity contribution in [2.45, 2.75) is 64.3 Å². The Bertz CT molecular complexity index is 311. The highest BCUT2D eigenvalue weighted by Gasteiger charge is 2.22. The first-order valence-corrected chi connectivity index (χ1v) is 9.30. The minimum atomic E-state index is -3.12. The Kier molecular flexibility index (Phi) is 7.57. The van der Waals surface area contributed by atoms with E-state index in [0.29, 0.717) is 18.2 Å². The van der Waals surface area contributed by atoms with Crippen LogP contribution in [-0.2, 0) is 10.0 Å². The van der Waals surface area contributed by atoms with Gasteiger partial charge in [-0.1, -0.05) is 25.7 Å². The van der Waals surface area contributed by atoms with E-state index in [-0.39, 0.29) is 11.8 Å². The molecule has 0 bridgehead atoms. The molecule has 18 heavy (non-hydrogen) atoms. The highest BCUT2D eigenvalue weighted by molar-refractivity contribution is 7.89. The summed E-state index contributed by atoms with van der Waals surface area (Å²) in [6.45, 7) is 2.01. The average Bonchev–Trinajstić information content (AvgIpc) is 2.57. The van der Waals surface area contributed by atoms with Gasteiger partial charge in [0.15, 0.2) is 0 Å². The third kappa shape index (κ3) is 6.39. The van der Waals surface area contributed by atoms with Gasteiger partial charge in [-0.2, -0.15) is 0 Å². The molecule has 1 fully saturated rings. The molecule has 1 N–H and O–H groups in total. The molecule has 0 amide bonds. The fourth-order valence-electron chi connectivity index (χ4n) is 2.64. The van der Waals surface area contributed by atoms with Crippen LogP contribution >= 0.6 is 11.6 Å². The van der Waals surface area contributed by atoms with Gasteiger partial charge >= 0.3 is 0 Å². The second kappa shape index (κ2) is 8.39. The number of hydrogen-bond donors (Lipinski definition) is 1. The Balaban J connectivity index is 2.39.